The van der Waals surface area contributed by atoms with Gasteiger partial charge in [-0.25, -0.2) is 0 Å². The molecule has 0 N–H and O–H groups in total. The minimum Gasteiger partial charge on any atom is -0.0886 e. The molecule has 2 atom stereocenters. The predicted molar refractivity (Wildman–Crippen MR) is 185 cm³/mol. The highest BCUT2D eigenvalue weighted by molar-refractivity contribution is 8.64. The van der Waals surface area contributed by atoms with Crippen molar-refractivity contribution in [2.45, 2.75) is 157 Å². The molecular weight excluding hydrogens is 526 g/mol. The topological polar surface area (TPSA) is 0 Å². The average molecular weight is 585 g/mol. The van der Waals surface area contributed by atoms with E-state index in [0.717, 1.165) is 0 Å². The maximum atomic E-state index is 2.58. The van der Waals surface area contributed by atoms with Crippen LogP contribution in [0.4, 0.5) is 0 Å². The molecule has 39 heavy (non-hydrogen) atoms. The molecule has 0 aliphatic rings. The third-order valence-electron chi connectivity index (χ3n) is 7.86. The highest BCUT2D eigenvalue weighted by Crippen LogP contribution is 2.84. The van der Waals surface area contributed by atoms with E-state index in [1.54, 1.807) is 32.9 Å². The Bertz CT molecular complexity index is 1150. The average Bonchev–Trinajstić information content (AvgIpc) is 3.48. The fraction of sp³-hybridized carbons (Fsp3) is 0.667. The second-order valence-corrected chi connectivity index (χ2v) is 28.3. The van der Waals surface area contributed by atoms with Crippen LogP contribution in [0.5, 0.6) is 0 Å². The monoisotopic (exact) mass is 584 g/mol. The SMILES string of the molecule is CC(C)(C)c1cc(C(C)(C)C)c(-p2sp2-c2c(C(C)(C)C)cc(C(C)(C)C)cc2C(C)(C)C)c(C(C)(C)C)c1. The molecule has 0 aliphatic carbocycles. The van der Waals surface area contributed by atoms with Gasteiger partial charge in [0.25, 0.3) is 0 Å². The largest absolute Gasteiger partial charge is 0.0886 e. The van der Waals surface area contributed by atoms with Gasteiger partial charge in [0.15, 0.2) is 0 Å². The van der Waals surface area contributed by atoms with E-state index in [-0.39, 0.29) is 45.3 Å². The van der Waals surface area contributed by atoms with E-state index in [1.807, 2.05) is 0 Å². The van der Waals surface area contributed by atoms with Crippen molar-refractivity contribution in [3.63, 3.8) is 0 Å². The molecule has 0 bridgehead atoms. The second kappa shape index (κ2) is 9.92. The first-order valence-corrected chi connectivity index (χ1v) is 20.2. The standard InChI is InChI=1S/C36H58P2S/c1-31(2,3)23-19-25(33(7,8)9)29(26(20-23)34(10,11)12)37-38(39-37)30-27(35(13,14)15)21-24(32(4,5)6)22-28(30)36(16,17)18/h19-22H,1-18H3. The lowest BCUT2D eigenvalue weighted by atomic mass is 9.75. The zero-order valence-electron chi connectivity index (χ0n) is 28.6. The Labute approximate surface area is 247 Å². The van der Waals surface area contributed by atoms with Gasteiger partial charge in [-0.2, -0.15) is 0 Å². The van der Waals surface area contributed by atoms with Crippen LogP contribution in [-0.2, 0) is 32.5 Å². The smallest absolute Gasteiger partial charge is 0.0197 e. The molecule has 0 nitrogen and oxygen atoms in total. The Morgan fingerprint density at radius 3 is 0.718 bits per heavy atom. The molecule has 2 unspecified atom stereocenters. The van der Waals surface area contributed by atoms with Gasteiger partial charge in [0, 0.05) is 23.4 Å². The van der Waals surface area contributed by atoms with Crippen molar-refractivity contribution in [1.29, 1.82) is 0 Å². The number of rotatable bonds is 2. The van der Waals surface area contributed by atoms with Crippen LogP contribution in [0.15, 0.2) is 24.3 Å². The fourth-order valence-electron chi connectivity index (χ4n) is 5.15. The maximum Gasteiger partial charge on any atom is 0.0197 e. The van der Waals surface area contributed by atoms with Gasteiger partial charge in [-0.15, -0.1) is 0 Å². The van der Waals surface area contributed by atoms with Gasteiger partial charge >= 0.3 is 0 Å². The van der Waals surface area contributed by atoms with E-state index in [4.69, 9.17) is 0 Å². The van der Waals surface area contributed by atoms with Crippen molar-refractivity contribution >= 4 is 23.3 Å². The first-order chi connectivity index (χ1) is 17.1. The Kier molecular flexibility index (Phi) is 8.34. The summed E-state index contributed by atoms with van der Waals surface area (Å²) in [4.78, 5) is 0. The van der Waals surface area contributed by atoms with Crippen molar-refractivity contribution in [1.82, 2.24) is 0 Å². The van der Waals surface area contributed by atoms with Gasteiger partial charge in [-0.1, -0.05) is 159 Å². The molecule has 218 valence electrons. The van der Waals surface area contributed by atoms with Gasteiger partial charge in [-0.05, 0) is 65.9 Å². The third-order valence-corrected chi connectivity index (χ3v) is 18.7. The summed E-state index contributed by atoms with van der Waals surface area (Å²) in [6.07, 6.45) is -0.573. The number of hydrogen-bond acceptors (Lipinski definition) is 1. The van der Waals surface area contributed by atoms with E-state index < -0.39 is 0 Å². The normalized spacial score (nSPS) is 15.3. The summed E-state index contributed by atoms with van der Waals surface area (Å²) in [6.45, 7) is 43.3. The van der Waals surface area contributed by atoms with Crippen LogP contribution in [0.1, 0.15) is 158 Å². The quantitative estimate of drug-likeness (QED) is 0.281. The molecule has 1 heterocycles. The zero-order chi connectivity index (χ0) is 30.3. The van der Waals surface area contributed by atoms with Crippen molar-refractivity contribution in [2.75, 3.05) is 0 Å². The van der Waals surface area contributed by atoms with Gasteiger partial charge in [-0.3, -0.25) is 0 Å². The van der Waals surface area contributed by atoms with E-state index in [0.29, 0.717) is 0 Å². The summed E-state index contributed by atoms with van der Waals surface area (Å²) in [5.74, 6) is 0. The predicted octanol–water partition coefficient (Wildman–Crippen LogP) is 13.5. The summed E-state index contributed by atoms with van der Waals surface area (Å²) in [5, 5.41) is 3.41. The number of benzene rings is 2. The van der Waals surface area contributed by atoms with Gasteiger partial charge < -0.3 is 0 Å². The van der Waals surface area contributed by atoms with Gasteiger partial charge in [0.05, 0.1) is 0 Å². The second-order valence-electron chi connectivity index (χ2n) is 18.0. The minimum atomic E-state index is -0.287. The summed E-state index contributed by atoms with van der Waals surface area (Å²) in [5.41, 5.74) is 10.0. The van der Waals surface area contributed by atoms with E-state index >= 15 is 0 Å². The van der Waals surface area contributed by atoms with Gasteiger partial charge in [0.1, 0.15) is 0 Å². The van der Waals surface area contributed by atoms with E-state index in [2.05, 4.69) is 159 Å². The lowest BCUT2D eigenvalue weighted by molar-refractivity contribution is 0.551. The molecule has 2 aromatic carbocycles. The molecule has 0 spiro atoms. The molecule has 0 saturated carbocycles. The molecule has 3 aromatic rings. The van der Waals surface area contributed by atoms with Gasteiger partial charge in [0.2, 0.25) is 0 Å². The van der Waals surface area contributed by atoms with Crippen LogP contribution < -0.4 is 0 Å². The Balaban J connectivity index is 2.48. The van der Waals surface area contributed by atoms with Crippen molar-refractivity contribution in [3.8, 4) is 10.6 Å². The van der Waals surface area contributed by atoms with Crippen molar-refractivity contribution in [2.24, 2.45) is 0 Å². The van der Waals surface area contributed by atoms with Crippen LogP contribution in [0, 0.1) is 0 Å². The fourth-order valence-corrected chi connectivity index (χ4v) is 18.5. The summed E-state index contributed by atoms with van der Waals surface area (Å²) >= 11 is 0. The maximum absolute atomic E-state index is 2.58. The van der Waals surface area contributed by atoms with Crippen LogP contribution in [0.3, 0.4) is 0 Å². The van der Waals surface area contributed by atoms with Crippen LogP contribution in [0.2, 0.25) is 0 Å². The van der Waals surface area contributed by atoms with Crippen LogP contribution in [-0.4, -0.2) is 0 Å². The lowest BCUT2D eigenvalue weighted by Crippen LogP contribution is -2.22. The molecule has 0 aliphatic heterocycles. The Morgan fingerprint density at radius 2 is 0.564 bits per heavy atom. The van der Waals surface area contributed by atoms with E-state index in [1.165, 1.54) is 11.1 Å². The molecule has 0 amide bonds. The van der Waals surface area contributed by atoms with Crippen LogP contribution in [0.25, 0.3) is 10.6 Å². The summed E-state index contributed by atoms with van der Waals surface area (Å²) < 4.78 is 0. The minimum absolute atomic E-state index is 0.110. The molecule has 0 saturated heterocycles. The molecule has 3 heteroatoms. The Hall–Kier alpha value is -0.740. The molecule has 3 rings (SSSR count). The summed E-state index contributed by atoms with van der Waals surface area (Å²) in [7, 11) is 2.32. The molecule has 0 radical (unpaired) electrons. The van der Waals surface area contributed by atoms with Crippen molar-refractivity contribution in [3.05, 3.63) is 57.6 Å². The van der Waals surface area contributed by atoms with E-state index in [9.17, 15) is 0 Å². The zero-order valence-corrected chi connectivity index (χ0v) is 31.2. The highest BCUT2D eigenvalue weighted by Gasteiger charge is 2.37. The summed E-state index contributed by atoms with van der Waals surface area (Å²) in [6, 6.07) is 10.3. The van der Waals surface area contributed by atoms with Crippen LogP contribution >= 0.6 is 23.3 Å². The lowest BCUT2D eigenvalue weighted by Gasteiger charge is -2.33. The molecule has 1 aromatic heterocycles. The first kappa shape index (κ1) is 32.8. The third kappa shape index (κ3) is 7.02. The number of hydrogen-bond donors (Lipinski definition) is 0. The Morgan fingerprint density at radius 1 is 0.359 bits per heavy atom. The molecular formula is C36H58P2S. The van der Waals surface area contributed by atoms with Crippen molar-refractivity contribution < 1.29 is 0 Å². The molecule has 0 fully saturated rings. The highest BCUT2D eigenvalue weighted by atomic mass is 33.1. The first-order valence-electron chi connectivity index (χ1n) is 14.8.